The van der Waals surface area contributed by atoms with E-state index in [1.54, 1.807) is 0 Å². The third kappa shape index (κ3) is 4.55. The SMILES string of the molecule is CN=C(NCC1CCN(c2ccccc2)C1)N1CCC(N2CCOCC2)C1. The van der Waals surface area contributed by atoms with E-state index >= 15 is 0 Å². The fourth-order valence-corrected chi connectivity index (χ4v) is 4.62. The highest BCUT2D eigenvalue weighted by atomic mass is 16.5. The average Bonchev–Trinajstić information content (AvgIpc) is 3.40. The molecule has 1 aromatic rings. The highest BCUT2D eigenvalue weighted by Gasteiger charge is 2.31. The lowest BCUT2D eigenvalue weighted by atomic mass is 10.1. The summed E-state index contributed by atoms with van der Waals surface area (Å²) >= 11 is 0. The van der Waals surface area contributed by atoms with Gasteiger partial charge in [-0.05, 0) is 30.9 Å². The van der Waals surface area contributed by atoms with Gasteiger partial charge < -0.3 is 19.9 Å². The lowest BCUT2D eigenvalue weighted by molar-refractivity contribution is 0.0195. The number of guanidine groups is 1. The van der Waals surface area contributed by atoms with Crippen LogP contribution in [0.4, 0.5) is 5.69 Å². The summed E-state index contributed by atoms with van der Waals surface area (Å²) in [4.78, 5) is 12.1. The van der Waals surface area contributed by atoms with E-state index in [9.17, 15) is 0 Å². The van der Waals surface area contributed by atoms with Crippen LogP contribution in [0.25, 0.3) is 0 Å². The minimum atomic E-state index is 0.646. The zero-order valence-corrected chi connectivity index (χ0v) is 16.5. The number of likely N-dealkylation sites (tertiary alicyclic amines) is 1. The normalized spacial score (nSPS) is 27.4. The zero-order valence-electron chi connectivity index (χ0n) is 16.5. The summed E-state index contributed by atoms with van der Waals surface area (Å²) in [6.45, 7) is 9.37. The van der Waals surface area contributed by atoms with Crippen LogP contribution in [0.2, 0.25) is 0 Å². The molecule has 0 radical (unpaired) electrons. The molecular formula is C21H33N5O. The van der Waals surface area contributed by atoms with Crippen LogP contribution in [0, 0.1) is 5.92 Å². The second-order valence-corrected chi connectivity index (χ2v) is 7.90. The van der Waals surface area contributed by atoms with Crippen molar-refractivity contribution < 1.29 is 4.74 Å². The van der Waals surface area contributed by atoms with Crippen molar-refractivity contribution in [3.63, 3.8) is 0 Å². The summed E-state index contributed by atoms with van der Waals surface area (Å²) in [5, 5.41) is 3.65. The molecule has 3 heterocycles. The molecule has 0 saturated carbocycles. The summed E-state index contributed by atoms with van der Waals surface area (Å²) in [6, 6.07) is 11.4. The fourth-order valence-electron chi connectivity index (χ4n) is 4.62. The molecule has 0 bridgehead atoms. The van der Waals surface area contributed by atoms with Gasteiger partial charge in [0.15, 0.2) is 5.96 Å². The van der Waals surface area contributed by atoms with E-state index in [4.69, 9.17) is 4.74 Å². The molecule has 3 fully saturated rings. The predicted octanol–water partition coefficient (Wildman–Crippen LogP) is 1.49. The Bertz CT molecular complexity index is 616. The molecule has 3 aliphatic heterocycles. The summed E-state index contributed by atoms with van der Waals surface area (Å²) in [5.41, 5.74) is 1.34. The lowest BCUT2D eigenvalue weighted by Gasteiger charge is -2.32. The molecule has 4 rings (SSSR count). The first-order valence-corrected chi connectivity index (χ1v) is 10.4. The van der Waals surface area contributed by atoms with E-state index in [1.165, 1.54) is 18.5 Å². The maximum Gasteiger partial charge on any atom is 0.193 e. The second-order valence-electron chi connectivity index (χ2n) is 7.90. The highest BCUT2D eigenvalue weighted by Crippen LogP contribution is 2.23. The van der Waals surface area contributed by atoms with Gasteiger partial charge in [-0.25, -0.2) is 0 Å². The molecule has 1 N–H and O–H groups in total. The van der Waals surface area contributed by atoms with Crippen LogP contribution < -0.4 is 10.2 Å². The standard InChI is InChI=1S/C21H33N5O/c1-22-21(26-10-8-20(17-26)24-11-13-27-14-12-24)23-15-18-7-9-25(16-18)19-5-3-2-4-6-19/h2-6,18,20H,7-17H2,1H3,(H,22,23). The lowest BCUT2D eigenvalue weighted by Crippen LogP contribution is -2.47. The molecule has 3 saturated heterocycles. The van der Waals surface area contributed by atoms with Gasteiger partial charge in [0.25, 0.3) is 0 Å². The maximum atomic E-state index is 5.50. The maximum absolute atomic E-state index is 5.50. The number of nitrogens with one attached hydrogen (secondary N) is 1. The molecule has 1 aromatic carbocycles. The Morgan fingerprint density at radius 2 is 1.89 bits per heavy atom. The van der Waals surface area contributed by atoms with Crippen LogP contribution in [0.15, 0.2) is 35.3 Å². The second kappa shape index (κ2) is 8.93. The summed E-state index contributed by atoms with van der Waals surface area (Å²) in [5.74, 6) is 1.75. The molecular weight excluding hydrogens is 338 g/mol. The molecule has 148 valence electrons. The van der Waals surface area contributed by atoms with Crippen LogP contribution in [-0.4, -0.2) is 87.9 Å². The number of hydrogen-bond donors (Lipinski definition) is 1. The third-order valence-electron chi connectivity index (χ3n) is 6.19. The van der Waals surface area contributed by atoms with Crippen molar-refractivity contribution in [1.82, 2.24) is 15.1 Å². The van der Waals surface area contributed by atoms with Gasteiger partial charge >= 0.3 is 0 Å². The molecule has 2 atom stereocenters. The number of morpholine rings is 1. The van der Waals surface area contributed by atoms with E-state index < -0.39 is 0 Å². The topological polar surface area (TPSA) is 43.3 Å². The van der Waals surface area contributed by atoms with Crippen molar-refractivity contribution in [2.75, 3.05) is 71.0 Å². The van der Waals surface area contributed by atoms with E-state index in [1.807, 2.05) is 7.05 Å². The van der Waals surface area contributed by atoms with Gasteiger partial charge in [0.05, 0.1) is 13.2 Å². The van der Waals surface area contributed by atoms with E-state index in [2.05, 4.69) is 55.3 Å². The van der Waals surface area contributed by atoms with Gasteiger partial charge in [0.2, 0.25) is 0 Å². The number of rotatable bonds is 4. The number of para-hydroxylation sites is 1. The van der Waals surface area contributed by atoms with Crippen molar-refractivity contribution in [3.05, 3.63) is 30.3 Å². The number of aliphatic imine (C=N–C) groups is 1. The molecule has 6 nitrogen and oxygen atoms in total. The van der Waals surface area contributed by atoms with Gasteiger partial charge in [-0.3, -0.25) is 9.89 Å². The molecule has 2 unspecified atom stereocenters. The van der Waals surface area contributed by atoms with Crippen LogP contribution in [0.5, 0.6) is 0 Å². The fraction of sp³-hybridized carbons (Fsp3) is 0.667. The molecule has 6 heteroatoms. The minimum absolute atomic E-state index is 0.646. The summed E-state index contributed by atoms with van der Waals surface area (Å²) < 4.78 is 5.50. The first-order valence-electron chi connectivity index (χ1n) is 10.4. The third-order valence-corrected chi connectivity index (χ3v) is 6.19. The molecule has 0 amide bonds. The largest absolute Gasteiger partial charge is 0.379 e. The van der Waals surface area contributed by atoms with Crippen LogP contribution in [-0.2, 0) is 4.74 Å². The molecule has 0 aromatic heterocycles. The molecule has 0 spiro atoms. The van der Waals surface area contributed by atoms with E-state index in [0.717, 1.165) is 65.0 Å². The quantitative estimate of drug-likeness (QED) is 0.642. The van der Waals surface area contributed by atoms with Crippen molar-refractivity contribution in [2.45, 2.75) is 18.9 Å². The Labute approximate surface area is 163 Å². The molecule has 27 heavy (non-hydrogen) atoms. The minimum Gasteiger partial charge on any atom is -0.379 e. The van der Waals surface area contributed by atoms with Gasteiger partial charge in [0.1, 0.15) is 0 Å². The van der Waals surface area contributed by atoms with Crippen LogP contribution >= 0.6 is 0 Å². The predicted molar refractivity (Wildman–Crippen MR) is 110 cm³/mol. The first-order chi connectivity index (χ1) is 13.3. The Morgan fingerprint density at radius 3 is 2.67 bits per heavy atom. The Hall–Kier alpha value is -1.79. The van der Waals surface area contributed by atoms with Crippen LogP contribution in [0.3, 0.4) is 0 Å². The zero-order chi connectivity index (χ0) is 18.5. The summed E-state index contributed by atoms with van der Waals surface area (Å²) in [7, 11) is 1.91. The number of benzene rings is 1. The Kier molecular flexibility index (Phi) is 6.14. The number of anilines is 1. The first kappa shape index (κ1) is 18.6. The van der Waals surface area contributed by atoms with Crippen LogP contribution in [0.1, 0.15) is 12.8 Å². The van der Waals surface area contributed by atoms with Gasteiger partial charge in [-0.2, -0.15) is 0 Å². The van der Waals surface area contributed by atoms with E-state index in [-0.39, 0.29) is 0 Å². The highest BCUT2D eigenvalue weighted by molar-refractivity contribution is 5.80. The molecule has 3 aliphatic rings. The number of nitrogens with zero attached hydrogens (tertiary/aromatic N) is 4. The van der Waals surface area contributed by atoms with Gasteiger partial charge in [-0.15, -0.1) is 0 Å². The number of hydrogen-bond acceptors (Lipinski definition) is 4. The average molecular weight is 372 g/mol. The van der Waals surface area contributed by atoms with Crippen molar-refractivity contribution in [2.24, 2.45) is 10.9 Å². The Morgan fingerprint density at radius 1 is 1.07 bits per heavy atom. The number of ether oxygens (including phenoxy) is 1. The molecule has 0 aliphatic carbocycles. The van der Waals surface area contributed by atoms with Crippen molar-refractivity contribution in [1.29, 1.82) is 0 Å². The smallest absolute Gasteiger partial charge is 0.193 e. The van der Waals surface area contributed by atoms with Gasteiger partial charge in [0, 0.05) is 64.6 Å². The van der Waals surface area contributed by atoms with Crippen molar-refractivity contribution >= 4 is 11.6 Å². The monoisotopic (exact) mass is 371 g/mol. The Balaban J connectivity index is 1.24. The van der Waals surface area contributed by atoms with Gasteiger partial charge in [-0.1, -0.05) is 18.2 Å². The summed E-state index contributed by atoms with van der Waals surface area (Å²) in [6.07, 6.45) is 2.47. The van der Waals surface area contributed by atoms with Crippen molar-refractivity contribution in [3.8, 4) is 0 Å². The van der Waals surface area contributed by atoms with E-state index in [0.29, 0.717) is 12.0 Å².